The molecule has 5 nitrogen and oxygen atoms in total. The molecule has 0 aliphatic rings. The molecule has 0 atom stereocenters. The quantitative estimate of drug-likeness (QED) is 0.398. The van der Waals surface area contributed by atoms with E-state index in [4.69, 9.17) is 18.9 Å². The van der Waals surface area contributed by atoms with Crippen molar-refractivity contribution in [3.63, 3.8) is 0 Å². The first kappa shape index (κ1) is 20.8. The maximum absolute atomic E-state index is 5.86. The predicted octanol–water partition coefficient (Wildman–Crippen LogP) is 6.01. The van der Waals surface area contributed by atoms with Gasteiger partial charge in [0.25, 0.3) is 0 Å². The predicted molar refractivity (Wildman–Crippen MR) is 125 cm³/mol. The van der Waals surface area contributed by atoms with Crippen LogP contribution in [0.1, 0.15) is 17.0 Å². The van der Waals surface area contributed by atoms with Crippen molar-refractivity contribution in [2.75, 3.05) is 28.4 Å². The molecule has 0 saturated heterocycles. The Kier molecular flexibility index (Phi) is 5.36. The van der Waals surface area contributed by atoms with Crippen LogP contribution in [0.2, 0.25) is 0 Å². The molecule has 1 heterocycles. The molecule has 31 heavy (non-hydrogen) atoms. The van der Waals surface area contributed by atoms with E-state index in [1.807, 2.05) is 32.0 Å². The van der Waals surface area contributed by atoms with Gasteiger partial charge in [0.1, 0.15) is 23.0 Å². The minimum absolute atomic E-state index is 0.737. The highest BCUT2D eigenvalue weighted by Crippen LogP contribution is 2.48. The topological polar surface area (TPSA) is 49.8 Å². The molecule has 0 saturated carbocycles. The second-order valence-electron chi connectivity index (χ2n) is 7.63. The lowest BCUT2D eigenvalue weighted by molar-refractivity contribution is 0.398. The Morgan fingerprint density at radius 1 is 0.613 bits per heavy atom. The second-order valence-corrected chi connectivity index (χ2v) is 7.63. The lowest BCUT2D eigenvalue weighted by atomic mass is 9.91. The zero-order valence-corrected chi connectivity index (χ0v) is 19.0. The van der Waals surface area contributed by atoms with Crippen LogP contribution in [0.4, 0.5) is 0 Å². The van der Waals surface area contributed by atoms with Gasteiger partial charge in [-0.2, -0.15) is 0 Å². The molecule has 4 aromatic rings. The number of aromatic nitrogens is 1. The van der Waals surface area contributed by atoms with E-state index >= 15 is 0 Å². The zero-order valence-electron chi connectivity index (χ0n) is 19.0. The van der Waals surface area contributed by atoms with Gasteiger partial charge in [-0.1, -0.05) is 6.07 Å². The molecule has 5 heteroatoms. The molecular weight excluding hydrogens is 390 g/mol. The largest absolute Gasteiger partial charge is 0.496 e. The van der Waals surface area contributed by atoms with Crippen molar-refractivity contribution in [1.29, 1.82) is 0 Å². The minimum atomic E-state index is 0.737. The fourth-order valence-corrected chi connectivity index (χ4v) is 4.43. The van der Waals surface area contributed by atoms with Crippen molar-refractivity contribution in [1.82, 2.24) is 4.98 Å². The van der Waals surface area contributed by atoms with Crippen molar-refractivity contribution in [3.05, 3.63) is 53.3 Å². The van der Waals surface area contributed by atoms with Gasteiger partial charge in [-0.05, 0) is 61.5 Å². The molecule has 160 valence electrons. The third-order valence-electron chi connectivity index (χ3n) is 5.69. The van der Waals surface area contributed by atoms with E-state index in [1.165, 1.54) is 0 Å². The van der Waals surface area contributed by atoms with E-state index in [0.717, 1.165) is 72.6 Å². The molecule has 0 aliphatic heterocycles. The molecule has 0 unspecified atom stereocenters. The number of benzene rings is 3. The van der Waals surface area contributed by atoms with Crippen molar-refractivity contribution in [3.8, 4) is 34.1 Å². The van der Waals surface area contributed by atoms with Gasteiger partial charge in [0.05, 0.1) is 33.8 Å². The number of methoxy groups -OCH3 is 4. The first-order valence-electron chi connectivity index (χ1n) is 10.1. The van der Waals surface area contributed by atoms with E-state index < -0.39 is 0 Å². The Labute approximate surface area is 182 Å². The lowest BCUT2D eigenvalue weighted by Crippen LogP contribution is -1.99. The highest BCUT2D eigenvalue weighted by Gasteiger charge is 2.21. The summed E-state index contributed by atoms with van der Waals surface area (Å²) in [4.78, 5) is 4.67. The van der Waals surface area contributed by atoms with Crippen LogP contribution in [-0.4, -0.2) is 33.4 Å². The van der Waals surface area contributed by atoms with Crippen molar-refractivity contribution in [2.45, 2.75) is 20.8 Å². The van der Waals surface area contributed by atoms with Gasteiger partial charge in [0.2, 0.25) is 0 Å². The number of hydrogen-bond donors (Lipinski definition) is 0. The number of pyridine rings is 1. The minimum Gasteiger partial charge on any atom is -0.496 e. The Morgan fingerprint density at radius 3 is 1.90 bits per heavy atom. The lowest BCUT2D eigenvalue weighted by Gasteiger charge is -2.20. The van der Waals surface area contributed by atoms with E-state index in [9.17, 15) is 0 Å². The Hall–Kier alpha value is -3.47. The fourth-order valence-electron chi connectivity index (χ4n) is 4.43. The van der Waals surface area contributed by atoms with Gasteiger partial charge >= 0.3 is 0 Å². The summed E-state index contributed by atoms with van der Waals surface area (Å²) in [6, 6.07) is 12.3. The molecular formula is C26H27NO4. The van der Waals surface area contributed by atoms with Gasteiger partial charge in [-0.15, -0.1) is 0 Å². The molecule has 0 spiro atoms. The molecule has 1 aromatic heterocycles. The molecule has 0 N–H and O–H groups in total. The Bertz CT molecular complexity index is 1310. The highest BCUT2D eigenvalue weighted by atomic mass is 16.5. The van der Waals surface area contributed by atoms with Crippen LogP contribution >= 0.6 is 0 Å². The standard InChI is InChI=1S/C26H27NO4/c1-14-10-18-17(8-9-20(28-4)26(18)21(11-14)29-5)25-19-12-15(2)27-16(3)24(19)22(30-6)13-23(25)31-7/h8-13H,1-7H3. The first-order chi connectivity index (χ1) is 14.9. The molecule has 0 radical (unpaired) electrons. The van der Waals surface area contributed by atoms with Crippen LogP contribution < -0.4 is 18.9 Å². The van der Waals surface area contributed by atoms with Crippen molar-refractivity contribution >= 4 is 21.5 Å². The summed E-state index contributed by atoms with van der Waals surface area (Å²) in [6.07, 6.45) is 0. The van der Waals surface area contributed by atoms with Crippen LogP contribution in [0.25, 0.3) is 32.7 Å². The number of nitrogens with zero attached hydrogens (tertiary/aromatic N) is 1. The molecule has 0 amide bonds. The first-order valence-corrected chi connectivity index (χ1v) is 10.1. The van der Waals surface area contributed by atoms with E-state index in [-0.39, 0.29) is 0 Å². The SMILES string of the molecule is COc1cc(OC)c2c(C)nc(C)cc2c1-c1ccc(OC)c2c(OC)cc(C)cc12. The van der Waals surface area contributed by atoms with Gasteiger partial charge in [-0.25, -0.2) is 0 Å². The number of ether oxygens (including phenoxy) is 4. The van der Waals surface area contributed by atoms with Gasteiger partial charge in [0.15, 0.2) is 0 Å². The third-order valence-corrected chi connectivity index (χ3v) is 5.69. The summed E-state index contributed by atoms with van der Waals surface area (Å²) in [5, 5.41) is 3.98. The van der Waals surface area contributed by atoms with Gasteiger partial charge in [-0.3, -0.25) is 4.98 Å². The molecule has 0 fully saturated rings. The summed E-state index contributed by atoms with van der Waals surface area (Å²) in [7, 11) is 6.71. The molecule has 3 aromatic carbocycles. The van der Waals surface area contributed by atoms with E-state index in [1.54, 1.807) is 28.4 Å². The van der Waals surface area contributed by atoms with Gasteiger partial charge < -0.3 is 18.9 Å². The monoisotopic (exact) mass is 417 g/mol. The number of hydrogen-bond acceptors (Lipinski definition) is 5. The normalized spacial score (nSPS) is 11.1. The second kappa shape index (κ2) is 7.99. The van der Waals surface area contributed by atoms with Crippen molar-refractivity contribution < 1.29 is 18.9 Å². The Morgan fingerprint density at radius 2 is 1.26 bits per heavy atom. The molecule has 0 aliphatic carbocycles. The summed E-state index contributed by atoms with van der Waals surface area (Å²) in [5.41, 5.74) is 4.99. The smallest absolute Gasteiger partial charge is 0.132 e. The van der Waals surface area contributed by atoms with E-state index in [2.05, 4.69) is 30.1 Å². The van der Waals surface area contributed by atoms with E-state index in [0.29, 0.717) is 0 Å². The zero-order chi connectivity index (χ0) is 22.3. The number of aryl methyl sites for hydroxylation is 3. The fraction of sp³-hybridized carbons (Fsp3) is 0.269. The van der Waals surface area contributed by atoms with Gasteiger partial charge in [0, 0.05) is 33.8 Å². The van der Waals surface area contributed by atoms with Crippen LogP contribution in [-0.2, 0) is 0 Å². The molecule has 4 rings (SSSR count). The molecule has 0 bridgehead atoms. The average molecular weight is 418 g/mol. The maximum atomic E-state index is 5.86. The maximum Gasteiger partial charge on any atom is 0.132 e. The van der Waals surface area contributed by atoms with Crippen LogP contribution in [0, 0.1) is 20.8 Å². The van der Waals surface area contributed by atoms with Crippen LogP contribution in [0.5, 0.6) is 23.0 Å². The van der Waals surface area contributed by atoms with Crippen molar-refractivity contribution in [2.24, 2.45) is 0 Å². The highest BCUT2D eigenvalue weighted by molar-refractivity contribution is 6.12. The van der Waals surface area contributed by atoms with Crippen LogP contribution in [0.15, 0.2) is 36.4 Å². The number of rotatable bonds is 5. The third kappa shape index (κ3) is 3.30. The Balaban J connectivity index is 2.24. The summed E-state index contributed by atoms with van der Waals surface area (Å²) >= 11 is 0. The summed E-state index contributed by atoms with van der Waals surface area (Å²) in [5.74, 6) is 3.02. The van der Waals surface area contributed by atoms with Crippen LogP contribution in [0.3, 0.4) is 0 Å². The number of fused-ring (bicyclic) bond motifs is 2. The average Bonchev–Trinajstić information content (AvgIpc) is 2.76. The summed E-state index contributed by atoms with van der Waals surface area (Å²) < 4.78 is 23.0. The summed E-state index contributed by atoms with van der Waals surface area (Å²) in [6.45, 7) is 6.07.